The molecule has 1 unspecified atom stereocenters. The van der Waals surface area contributed by atoms with Gasteiger partial charge in [0.1, 0.15) is 18.5 Å². The number of nitrogens with one attached hydrogen (secondary N) is 1. The first-order valence-electron chi connectivity index (χ1n) is 7.73. The van der Waals surface area contributed by atoms with Crippen LogP contribution in [0.2, 0.25) is 0 Å². The molecule has 0 fully saturated rings. The van der Waals surface area contributed by atoms with Crippen LogP contribution in [0.25, 0.3) is 6.08 Å². The Bertz CT molecular complexity index is 724. The van der Waals surface area contributed by atoms with Gasteiger partial charge in [0.15, 0.2) is 11.5 Å². The Morgan fingerprint density at radius 2 is 1.96 bits per heavy atom. The van der Waals surface area contributed by atoms with Gasteiger partial charge in [-0.15, -0.1) is 0 Å². The third kappa shape index (κ3) is 4.07. The number of ether oxygens (including phenoxy) is 3. The lowest BCUT2D eigenvalue weighted by atomic mass is 10.2. The largest absolute Gasteiger partial charge is 0.497 e. The molecule has 1 aliphatic heterocycles. The molecule has 3 rings (SSSR count). The van der Waals surface area contributed by atoms with Crippen LogP contribution in [0.5, 0.6) is 17.2 Å². The van der Waals surface area contributed by atoms with Crippen molar-refractivity contribution in [2.24, 2.45) is 0 Å². The van der Waals surface area contributed by atoms with Gasteiger partial charge in [0.2, 0.25) is 5.91 Å². The predicted octanol–water partition coefficient (Wildman–Crippen LogP) is 2.66. The van der Waals surface area contributed by atoms with Crippen LogP contribution < -0.4 is 19.5 Å². The molecule has 5 heteroatoms. The van der Waals surface area contributed by atoms with Gasteiger partial charge in [-0.1, -0.05) is 24.3 Å². The molecule has 124 valence electrons. The molecule has 0 saturated carbocycles. The molecule has 1 amide bonds. The summed E-state index contributed by atoms with van der Waals surface area (Å²) in [7, 11) is 1.62. The van der Waals surface area contributed by atoms with Gasteiger partial charge in [-0.25, -0.2) is 0 Å². The highest BCUT2D eigenvalue weighted by molar-refractivity contribution is 5.91. The lowest BCUT2D eigenvalue weighted by Gasteiger charge is -2.26. The summed E-state index contributed by atoms with van der Waals surface area (Å²) < 4.78 is 16.5. The van der Waals surface area contributed by atoms with E-state index in [0.29, 0.717) is 18.9 Å². The summed E-state index contributed by atoms with van der Waals surface area (Å²) in [5, 5.41) is 2.82. The summed E-state index contributed by atoms with van der Waals surface area (Å²) >= 11 is 0. The molecular formula is C19H19NO4. The number of benzene rings is 2. The van der Waals surface area contributed by atoms with E-state index in [2.05, 4.69) is 5.32 Å². The number of fused-ring (bicyclic) bond motifs is 1. The van der Waals surface area contributed by atoms with Crippen LogP contribution in [0.1, 0.15) is 5.56 Å². The van der Waals surface area contributed by atoms with Crippen molar-refractivity contribution in [3.8, 4) is 17.2 Å². The van der Waals surface area contributed by atoms with Crippen molar-refractivity contribution in [2.45, 2.75) is 6.10 Å². The van der Waals surface area contributed by atoms with E-state index in [9.17, 15) is 4.79 Å². The molecule has 2 aromatic rings. The van der Waals surface area contributed by atoms with Crippen LogP contribution in [0.15, 0.2) is 54.6 Å². The van der Waals surface area contributed by atoms with Gasteiger partial charge in [-0.3, -0.25) is 4.79 Å². The summed E-state index contributed by atoms with van der Waals surface area (Å²) in [4.78, 5) is 11.9. The number of hydrogen-bond donors (Lipinski definition) is 1. The maximum Gasteiger partial charge on any atom is 0.244 e. The average Bonchev–Trinajstić information content (AvgIpc) is 2.65. The van der Waals surface area contributed by atoms with Gasteiger partial charge < -0.3 is 19.5 Å². The first kappa shape index (κ1) is 15.9. The van der Waals surface area contributed by atoms with E-state index in [4.69, 9.17) is 14.2 Å². The lowest BCUT2D eigenvalue weighted by Crippen LogP contribution is -2.40. The minimum Gasteiger partial charge on any atom is -0.497 e. The van der Waals surface area contributed by atoms with Crippen molar-refractivity contribution in [3.05, 3.63) is 60.2 Å². The third-order valence-corrected chi connectivity index (χ3v) is 3.61. The van der Waals surface area contributed by atoms with Crippen molar-refractivity contribution < 1.29 is 19.0 Å². The summed E-state index contributed by atoms with van der Waals surface area (Å²) in [6, 6.07) is 15.0. The SMILES string of the molecule is COc1ccc(C=CC(=O)NCC2COc3ccccc3O2)cc1. The topological polar surface area (TPSA) is 56.8 Å². The molecule has 1 atom stereocenters. The Balaban J connectivity index is 1.48. The molecule has 1 heterocycles. The second-order valence-corrected chi connectivity index (χ2v) is 5.35. The molecule has 1 N–H and O–H groups in total. The number of carbonyl (C=O) groups is 1. The molecule has 0 radical (unpaired) electrons. The van der Waals surface area contributed by atoms with E-state index in [1.165, 1.54) is 6.08 Å². The van der Waals surface area contributed by atoms with E-state index < -0.39 is 0 Å². The molecule has 0 spiro atoms. The highest BCUT2D eigenvalue weighted by Crippen LogP contribution is 2.30. The Kier molecular flexibility index (Phi) is 5.01. The van der Waals surface area contributed by atoms with E-state index in [1.807, 2.05) is 48.5 Å². The number of carbonyl (C=O) groups excluding carboxylic acids is 1. The van der Waals surface area contributed by atoms with Crippen molar-refractivity contribution in [1.29, 1.82) is 0 Å². The molecule has 0 aromatic heterocycles. The van der Waals surface area contributed by atoms with Crippen LogP contribution in [-0.2, 0) is 4.79 Å². The Morgan fingerprint density at radius 3 is 2.71 bits per heavy atom. The second-order valence-electron chi connectivity index (χ2n) is 5.35. The lowest BCUT2D eigenvalue weighted by molar-refractivity contribution is -0.116. The third-order valence-electron chi connectivity index (χ3n) is 3.61. The normalized spacial score (nSPS) is 16.0. The predicted molar refractivity (Wildman–Crippen MR) is 91.4 cm³/mol. The fourth-order valence-corrected chi connectivity index (χ4v) is 2.32. The maximum atomic E-state index is 11.9. The Morgan fingerprint density at radius 1 is 1.21 bits per heavy atom. The number of hydrogen-bond acceptors (Lipinski definition) is 4. The molecule has 5 nitrogen and oxygen atoms in total. The van der Waals surface area contributed by atoms with Gasteiger partial charge in [-0.2, -0.15) is 0 Å². The zero-order valence-electron chi connectivity index (χ0n) is 13.4. The molecule has 24 heavy (non-hydrogen) atoms. The zero-order chi connectivity index (χ0) is 16.8. The van der Waals surface area contributed by atoms with Crippen molar-refractivity contribution in [1.82, 2.24) is 5.32 Å². The van der Waals surface area contributed by atoms with Crippen molar-refractivity contribution >= 4 is 12.0 Å². The van der Waals surface area contributed by atoms with Crippen molar-refractivity contribution in [2.75, 3.05) is 20.3 Å². The van der Waals surface area contributed by atoms with Gasteiger partial charge in [0.25, 0.3) is 0 Å². The van der Waals surface area contributed by atoms with Gasteiger partial charge >= 0.3 is 0 Å². The molecule has 0 saturated heterocycles. The number of methoxy groups -OCH3 is 1. The van der Waals surface area contributed by atoms with Crippen LogP contribution >= 0.6 is 0 Å². The van der Waals surface area contributed by atoms with E-state index in [1.54, 1.807) is 13.2 Å². The van der Waals surface area contributed by atoms with E-state index in [0.717, 1.165) is 17.1 Å². The smallest absolute Gasteiger partial charge is 0.244 e. The Hall–Kier alpha value is -2.95. The van der Waals surface area contributed by atoms with Crippen LogP contribution in [0, 0.1) is 0 Å². The summed E-state index contributed by atoms with van der Waals surface area (Å²) in [5.41, 5.74) is 0.928. The molecule has 2 aromatic carbocycles. The maximum absolute atomic E-state index is 11.9. The van der Waals surface area contributed by atoms with Crippen LogP contribution in [0.3, 0.4) is 0 Å². The fraction of sp³-hybridized carbons (Fsp3) is 0.211. The monoisotopic (exact) mass is 325 g/mol. The standard InChI is InChI=1S/C19H19NO4/c1-22-15-9-6-14(7-10-15)8-11-19(21)20-12-16-13-23-17-4-2-3-5-18(17)24-16/h2-11,16H,12-13H2,1H3,(H,20,21). The molecule has 0 bridgehead atoms. The first-order chi connectivity index (χ1) is 11.7. The summed E-state index contributed by atoms with van der Waals surface area (Å²) in [6.45, 7) is 0.805. The summed E-state index contributed by atoms with van der Waals surface area (Å²) in [6.07, 6.45) is 3.06. The highest BCUT2D eigenvalue weighted by atomic mass is 16.6. The zero-order valence-corrected chi connectivity index (χ0v) is 13.4. The summed E-state index contributed by atoms with van der Waals surface area (Å²) in [5.74, 6) is 2.05. The van der Waals surface area contributed by atoms with Crippen LogP contribution in [0.4, 0.5) is 0 Å². The fourth-order valence-electron chi connectivity index (χ4n) is 2.32. The first-order valence-corrected chi connectivity index (χ1v) is 7.73. The molecular weight excluding hydrogens is 306 g/mol. The van der Waals surface area contributed by atoms with Crippen molar-refractivity contribution in [3.63, 3.8) is 0 Å². The Labute approximate surface area is 140 Å². The van der Waals surface area contributed by atoms with Gasteiger partial charge in [0, 0.05) is 6.08 Å². The van der Waals surface area contributed by atoms with E-state index in [-0.39, 0.29) is 12.0 Å². The highest BCUT2D eigenvalue weighted by Gasteiger charge is 2.20. The van der Waals surface area contributed by atoms with Gasteiger partial charge in [0.05, 0.1) is 13.7 Å². The number of para-hydroxylation sites is 2. The average molecular weight is 325 g/mol. The minimum absolute atomic E-state index is 0.173. The molecule has 1 aliphatic rings. The molecule has 0 aliphatic carbocycles. The number of amides is 1. The van der Waals surface area contributed by atoms with Crippen LogP contribution in [-0.4, -0.2) is 32.3 Å². The minimum atomic E-state index is -0.196. The van der Waals surface area contributed by atoms with E-state index >= 15 is 0 Å². The van der Waals surface area contributed by atoms with Gasteiger partial charge in [-0.05, 0) is 35.9 Å². The quantitative estimate of drug-likeness (QED) is 0.859. The second kappa shape index (κ2) is 7.55. The number of rotatable bonds is 5.